The molecule has 0 unspecified atom stereocenters. The summed E-state index contributed by atoms with van der Waals surface area (Å²) in [5.41, 5.74) is 2.54. The summed E-state index contributed by atoms with van der Waals surface area (Å²) in [5.74, 6) is 1.73. The summed E-state index contributed by atoms with van der Waals surface area (Å²) in [6.45, 7) is 6.02. The minimum absolute atomic E-state index is 0. The van der Waals surface area contributed by atoms with Crippen molar-refractivity contribution in [3.63, 3.8) is 0 Å². The Hall–Kier alpha value is -3.49. The van der Waals surface area contributed by atoms with Gasteiger partial charge in [-0.1, -0.05) is 24.3 Å². The van der Waals surface area contributed by atoms with Crippen LogP contribution in [0.25, 0.3) is 10.8 Å². The van der Waals surface area contributed by atoms with Gasteiger partial charge in [-0.05, 0) is 66.6 Å². The van der Waals surface area contributed by atoms with Gasteiger partial charge in [-0.3, -0.25) is 10.8 Å². The number of carbonyl (C=O) groups is 1. The zero-order valence-corrected chi connectivity index (χ0v) is 23.2. The number of ether oxygens (including phenoxy) is 2. The Bertz CT molecular complexity index is 1240. The second-order valence-corrected chi connectivity index (χ2v) is 8.88. The molecule has 4 rings (SSSR count). The number of halogens is 2. The van der Waals surface area contributed by atoms with Crippen molar-refractivity contribution in [1.29, 1.82) is 10.8 Å². The monoisotopic (exact) mass is 559 g/mol. The van der Waals surface area contributed by atoms with Crippen LogP contribution in [-0.2, 0) is 11.3 Å². The summed E-state index contributed by atoms with van der Waals surface area (Å²) in [5, 5.41) is 24.3. The summed E-state index contributed by atoms with van der Waals surface area (Å²) in [4.78, 5) is 13.6. The first-order chi connectivity index (χ1) is 17.4. The number of alkyl carbamates (subject to hydrolysis) is 1. The van der Waals surface area contributed by atoms with Gasteiger partial charge in [-0.2, -0.15) is 0 Å². The SMILES string of the molecule is CCOC(=O)NCc1ccc2ccc(C(=N)Nc3ccc(OC4CCN(C(C)=N)CC4)cc3)cc2c1.Cl.Cl. The average molecular weight is 561 g/mol. The maximum Gasteiger partial charge on any atom is 0.407 e. The van der Waals surface area contributed by atoms with E-state index in [0.717, 1.165) is 59.3 Å². The van der Waals surface area contributed by atoms with Crippen LogP contribution in [-0.4, -0.2) is 48.5 Å². The highest BCUT2D eigenvalue weighted by Crippen LogP contribution is 2.23. The van der Waals surface area contributed by atoms with Crippen molar-refractivity contribution in [2.45, 2.75) is 39.3 Å². The normalized spacial score (nSPS) is 13.1. The average Bonchev–Trinajstić information content (AvgIpc) is 2.88. The van der Waals surface area contributed by atoms with Crippen molar-refractivity contribution in [3.8, 4) is 5.75 Å². The number of hydrogen-bond acceptors (Lipinski definition) is 5. The first kappa shape index (κ1) is 30.7. The van der Waals surface area contributed by atoms with Crippen LogP contribution in [0.2, 0.25) is 0 Å². The first-order valence-electron chi connectivity index (χ1n) is 12.3. The highest BCUT2D eigenvalue weighted by Gasteiger charge is 2.20. The molecular formula is C28H35Cl2N5O3. The van der Waals surface area contributed by atoms with E-state index >= 15 is 0 Å². The molecule has 0 radical (unpaired) electrons. The van der Waals surface area contributed by atoms with Gasteiger partial charge in [0.05, 0.1) is 12.4 Å². The molecule has 1 fully saturated rings. The molecule has 4 N–H and O–H groups in total. The quantitative estimate of drug-likeness (QED) is 0.203. The topological polar surface area (TPSA) is 111 Å². The number of benzene rings is 3. The lowest BCUT2D eigenvalue weighted by molar-refractivity contribution is 0.130. The molecule has 1 heterocycles. The van der Waals surface area contributed by atoms with Crippen molar-refractivity contribution < 1.29 is 14.3 Å². The number of hydrogen-bond donors (Lipinski definition) is 4. The molecule has 38 heavy (non-hydrogen) atoms. The second kappa shape index (κ2) is 14.4. The Morgan fingerprint density at radius 3 is 2.32 bits per heavy atom. The van der Waals surface area contributed by atoms with Crippen LogP contribution in [0.3, 0.4) is 0 Å². The molecule has 0 aromatic heterocycles. The third-order valence-corrected chi connectivity index (χ3v) is 6.25. The molecule has 0 bridgehead atoms. The van der Waals surface area contributed by atoms with Crippen LogP contribution >= 0.6 is 24.8 Å². The number of anilines is 1. The molecule has 1 saturated heterocycles. The van der Waals surface area contributed by atoms with Gasteiger partial charge in [0.2, 0.25) is 0 Å². The van der Waals surface area contributed by atoms with Crippen molar-refractivity contribution in [2.75, 3.05) is 25.0 Å². The molecule has 10 heteroatoms. The van der Waals surface area contributed by atoms with E-state index in [1.807, 2.05) is 67.6 Å². The molecule has 0 aliphatic carbocycles. The molecule has 0 spiro atoms. The highest BCUT2D eigenvalue weighted by atomic mass is 35.5. The predicted molar refractivity (Wildman–Crippen MR) is 158 cm³/mol. The Morgan fingerprint density at radius 1 is 0.974 bits per heavy atom. The zero-order chi connectivity index (χ0) is 25.5. The number of nitrogens with zero attached hydrogens (tertiary/aromatic N) is 1. The second-order valence-electron chi connectivity index (χ2n) is 8.88. The number of nitrogens with one attached hydrogen (secondary N) is 4. The van der Waals surface area contributed by atoms with E-state index in [-0.39, 0.29) is 30.9 Å². The van der Waals surface area contributed by atoms with Crippen LogP contribution in [0.15, 0.2) is 60.7 Å². The van der Waals surface area contributed by atoms with E-state index in [4.69, 9.17) is 20.3 Å². The van der Waals surface area contributed by atoms with Gasteiger partial charge in [-0.15, -0.1) is 24.8 Å². The molecule has 204 valence electrons. The summed E-state index contributed by atoms with van der Waals surface area (Å²) in [6, 6.07) is 19.6. The van der Waals surface area contributed by atoms with Gasteiger partial charge >= 0.3 is 6.09 Å². The molecule has 0 saturated carbocycles. The number of rotatable bonds is 7. The maximum atomic E-state index is 11.6. The smallest absolute Gasteiger partial charge is 0.407 e. The van der Waals surface area contributed by atoms with Crippen LogP contribution in [0.1, 0.15) is 37.8 Å². The van der Waals surface area contributed by atoms with E-state index in [1.165, 1.54) is 0 Å². The van der Waals surface area contributed by atoms with Crippen LogP contribution < -0.4 is 15.4 Å². The number of amidine groups is 2. The van der Waals surface area contributed by atoms with Crippen LogP contribution in [0.5, 0.6) is 5.75 Å². The predicted octanol–water partition coefficient (Wildman–Crippen LogP) is 6.21. The molecule has 1 amide bonds. The lowest BCUT2D eigenvalue weighted by Crippen LogP contribution is -2.40. The summed E-state index contributed by atoms with van der Waals surface area (Å²) >= 11 is 0. The largest absolute Gasteiger partial charge is 0.490 e. The van der Waals surface area contributed by atoms with Gasteiger partial charge in [0.25, 0.3) is 0 Å². The van der Waals surface area contributed by atoms with E-state index in [0.29, 0.717) is 24.8 Å². The van der Waals surface area contributed by atoms with Crippen molar-refractivity contribution >= 4 is 59.0 Å². The lowest BCUT2D eigenvalue weighted by atomic mass is 10.0. The van der Waals surface area contributed by atoms with E-state index in [9.17, 15) is 4.79 Å². The van der Waals surface area contributed by atoms with Gasteiger partial charge in [0.15, 0.2) is 0 Å². The number of piperidine rings is 1. The fraction of sp³-hybridized carbons (Fsp3) is 0.321. The molecule has 1 aliphatic heterocycles. The summed E-state index contributed by atoms with van der Waals surface area (Å²) in [6.07, 6.45) is 1.54. The molecule has 3 aromatic rings. The van der Waals surface area contributed by atoms with Crippen molar-refractivity contribution in [3.05, 3.63) is 71.8 Å². The Balaban J connectivity index is 0.00000253. The Kier molecular flexibility index (Phi) is 11.7. The maximum absolute atomic E-state index is 11.6. The van der Waals surface area contributed by atoms with E-state index < -0.39 is 6.09 Å². The fourth-order valence-corrected chi connectivity index (χ4v) is 4.25. The van der Waals surface area contributed by atoms with Crippen molar-refractivity contribution in [2.24, 2.45) is 0 Å². The van der Waals surface area contributed by atoms with Crippen LogP contribution in [0.4, 0.5) is 10.5 Å². The van der Waals surface area contributed by atoms with E-state index in [1.54, 1.807) is 6.92 Å². The van der Waals surface area contributed by atoms with Gasteiger partial charge in [-0.25, -0.2) is 4.79 Å². The van der Waals surface area contributed by atoms with E-state index in [2.05, 4.69) is 15.5 Å². The van der Waals surface area contributed by atoms with Gasteiger partial charge in [0.1, 0.15) is 17.7 Å². The number of fused-ring (bicyclic) bond motifs is 1. The molecular weight excluding hydrogens is 525 g/mol. The summed E-state index contributed by atoms with van der Waals surface area (Å²) < 4.78 is 11.0. The summed E-state index contributed by atoms with van der Waals surface area (Å²) in [7, 11) is 0. The van der Waals surface area contributed by atoms with Crippen LogP contribution in [0, 0.1) is 10.8 Å². The number of likely N-dealkylation sites (tertiary alicyclic amines) is 1. The van der Waals surface area contributed by atoms with Gasteiger partial charge in [0, 0.05) is 43.7 Å². The van der Waals surface area contributed by atoms with Crippen molar-refractivity contribution in [1.82, 2.24) is 10.2 Å². The molecule has 8 nitrogen and oxygen atoms in total. The molecule has 1 aliphatic rings. The third kappa shape index (κ3) is 8.26. The number of amides is 1. The highest BCUT2D eigenvalue weighted by molar-refractivity contribution is 6.08. The fourth-order valence-electron chi connectivity index (χ4n) is 4.25. The zero-order valence-electron chi connectivity index (χ0n) is 21.6. The molecule has 0 atom stereocenters. The Morgan fingerprint density at radius 2 is 1.66 bits per heavy atom. The number of carbonyl (C=O) groups excluding carboxylic acids is 1. The first-order valence-corrected chi connectivity index (χ1v) is 12.3. The Labute approximate surface area is 235 Å². The third-order valence-electron chi connectivity index (χ3n) is 6.25. The minimum Gasteiger partial charge on any atom is -0.490 e. The van der Waals surface area contributed by atoms with Gasteiger partial charge < -0.3 is 25.0 Å². The minimum atomic E-state index is -0.433. The lowest BCUT2D eigenvalue weighted by Gasteiger charge is -2.32. The molecule has 3 aromatic carbocycles. The standard InChI is InChI=1S/C28H33N5O3.2ClH/c1-3-35-28(34)31-18-20-4-5-21-6-7-22(17-23(21)16-20)27(30)32-24-8-10-25(11-9-24)36-26-12-14-33(15-13-26)19(2)29;;/h4-11,16-17,26,29H,3,12-15,18H2,1-2H3,(H2,30,32)(H,31,34);2*1H.